The third-order valence-electron chi connectivity index (χ3n) is 1.98. The van der Waals surface area contributed by atoms with E-state index in [9.17, 15) is 0 Å². The van der Waals surface area contributed by atoms with Crippen LogP contribution in [0.2, 0.25) is 0 Å². The van der Waals surface area contributed by atoms with E-state index in [2.05, 4.69) is 24.1 Å². The van der Waals surface area contributed by atoms with Gasteiger partial charge in [0.05, 0.1) is 0 Å². The molecule has 0 aromatic rings. The van der Waals surface area contributed by atoms with Gasteiger partial charge in [0.25, 0.3) is 0 Å². The minimum atomic E-state index is 0.703. The average Bonchev–Trinajstić information content (AvgIpc) is 2.39. The summed E-state index contributed by atoms with van der Waals surface area (Å²) in [6.07, 6.45) is 2.66. The Morgan fingerprint density at radius 2 is 2.55 bits per heavy atom. The Morgan fingerprint density at radius 1 is 1.73 bits per heavy atom. The second-order valence-electron chi connectivity index (χ2n) is 3.38. The van der Waals surface area contributed by atoms with E-state index in [-0.39, 0.29) is 0 Å². The molecule has 2 heteroatoms. The fraction of sp³-hybridized carbons (Fsp3) is 0.778. The van der Waals surface area contributed by atoms with Crippen molar-refractivity contribution in [1.29, 1.82) is 0 Å². The maximum Gasteiger partial charge on any atom is 0.0193 e. The molecule has 1 saturated heterocycles. The lowest BCUT2D eigenvalue weighted by molar-refractivity contribution is 0.551. The number of hydrogen-bond donors (Lipinski definition) is 2. The van der Waals surface area contributed by atoms with Crippen molar-refractivity contribution in [3.05, 3.63) is 12.2 Å². The summed E-state index contributed by atoms with van der Waals surface area (Å²) in [4.78, 5) is 0. The molecule has 1 rings (SSSR count). The van der Waals surface area contributed by atoms with E-state index >= 15 is 0 Å². The molecule has 0 saturated carbocycles. The zero-order valence-electron chi connectivity index (χ0n) is 7.32. The summed E-state index contributed by atoms with van der Waals surface area (Å²) in [5, 5.41) is 6.80. The van der Waals surface area contributed by atoms with Crippen molar-refractivity contribution in [2.75, 3.05) is 19.6 Å². The van der Waals surface area contributed by atoms with Gasteiger partial charge >= 0.3 is 0 Å². The Kier molecular flexibility index (Phi) is 3.60. The first-order valence-corrected chi connectivity index (χ1v) is 4.37. The van der Waals surface area contributed by atoms with Crippen molar-refractivity contribution in [3.63, 3.8) is 0 Å². The Bertz CT molecular complexity index is 126. The zero-order chi connectivity index (χ0) is 8.10. The van der Waals surface area contributed by atoms with Crippen LogP contribution in [0.25, 0.3) is 0 Å². The van der Waals surface area contributed by atoms with E-state index in [4.69, 9.17) is 0 Å². The Labute approximate surface area is 69.1 Å². The number of nitrogens with one attached hydrogen (secondary N) is 2. The lowest BCUT2D eigenvalue weighted by Gasteiger charge is -2.10. The predicted octanol–water partition coefficient (Wildman–Crippen LogP) is 0.904. The summed E-state index contributed by atoms with van der Waals surface area (Å²) in [6, 6.07) is 0.703. The molecule has 0 radical (unpaired) electrons. The number of rotatable bonds is 4. The molecule has 0 amide bonds. The van der Waals surface area contributed by atoms with Gasteiger partial charge in [-0.3, -0.25) is 0 Å². The van der Waals surface area contributed by atoms with Gasteiger partial charge in [-0.25, -0.2) is 0 Å². The molecule has 2 nitrogen and oxygen atoms in total. The maximum absolute atomic E-state index is 3.84. The molecular weight excluding hydrogens is 136 g/mol. The van der Waals surface area contributed by atoms with Gasteiger partial charge in [0, 0.05) is 19.1 Å². The smallest absolute Gasteiger partial charge is 0.0193 e. The van der Waals surface area contributed by atoms with E-state index in [1.807, 2.05) is 0 Å². The van der Waals surface area contributed by atoms with Gasteiger partial charge < -0.3 is 10.6 Å². The molecule has 0 bridgehead atoms. The van der Waals surface area contributed by atoms with Gasteiger partial charge in [-0.05, 0) is 26.3 Å². The minimum absolute atomic E-state index is 0.703. The third kappa shape index (κ3) is 3.54. The quantitative estimate of drug-likeness (QED) is 0.588. The highest BCUT2D eigenvalue weighted by molar-refractivity contribution is 4.91. The van der Waals surface area contributed by atoms with Crippen molar-refractivity contribution in [2.24, 2.45) is 0 Å². The van der Waals surface area contributed by atoms with Crippen LogP contribution in [0.5, 0.6) is 0 Å². The van der Waals surface area contributed by atoms with E-state index in [1.165, 1.54) is 25.0 Å². The van der Waals surface area contributed by atoms with Crippen molar-refractivity contribution in [3.8, 4) is 0 Å². The molecule has 1 unspecified atom stereocenters. The standard InChI is InChI=1S/C9H18N2/c1-8(2)6-10-7-9-4-3-5-11-9/h9-11H,1,3-7H2,2H3. The first-order chi connectivity index (χ1) is 5.29. The van der Waals surface area contributed by atoms with E-state index in [0.29, 0.717) is 6.04 Å². The maximum atomic E-state index is 3.84. The molecule has 11 heavy (non-hydrogen) atoms. The largest absolute Gasteiger partial charge is 0.313 e. The second kappa shape index (κ2) is 4.52. The fourth-order valence-electron chi connectivity index (χ4n) is 1.39. The summed E-state index contributed by atoms with van der Waals surface area (Å²) < 4.78 is 0. The second-order valence-corrected chi connectivity index (χ2v) is 3.38. The first kappa shape index (κ1) is 8.75. The van der Waals surface area contributed by atoms with Gasteiger partial charge in [0.2, 0.25) is 0 Å². The van der Waals surface area contributed by atoms with Crippen LogP contribution < -0.4 is 10.6 Å². The lowest BCUT2D eigenvalue weighted by atomic mass is 10.2. The van der Waals surface area contributed by atoms with Crippen LogP contribution in [0, 0.1) is 0 Å². The van der Waals surface area contributed by atoms with Crippen LogP contribution in [0.4, 0.5) is 0 Å². The Balaban J connectivity index is 1.98. The van der Waals surface area contributed by atoms with Crippen LogP contribution in [0.1, 0.15) is 19.8 Å². The molecule has 1 heterocycles. The minimum Gasteiger partial charge on any atom is -0.313 e. The molecule has 2 N–H and O–H groups in total. The molecule has 0 aliphatic carbocycles. The van der Waals surface area contributed by atoms with Crippen LogP contribution in [-0.2, 0) is 0 Å². The monoisotopic (exact) mass is 154 g/mol. The highest BCUT2D eigenvalue weighted by Crippen LogP contribution is 2.02. The van der Waals surface area contributed by atoms with Gasteiger partial charge in [-0.1, -0.05) is 12.2 Å². The molecule has 1 atom stereocenters. The average molecular weight is 154 g/mol. The van der Waals surface area contributed by atoms with E-state index < -0.39 is 0 Å². The first-order valence-electron chi connectivity index (χ1n) is 4.37. The summed E-state index contributed by atoms with van der Waals surface area (Å²) >= 11 is 0. The molecule has 1 fully saturated rings. The van der Waals surface area contributed by atoms with E-state index in [0.717, 1.165) is 13.1 Å². The van der Waals surface area contributed by atoms with Crippen LogP contribution in [0.3, 0.4) is 0 Å². The molecular formula is C9H18N2. The van der Waals surface area contributed by atoms with Gasteiger partial charge in [-0.2, -0.15) is 0 Å². The van der Waals surface area contributed by atoms with Gasteiger partial charge in [0.15, 0.2) is 0 Å². The lowest BCUT2D eigenvalue weighted by Crippen LogP contribution is -2.34. The SMILES string of the molecule is C=C(C)CNCC1CCCN1. The van der Waals surface area contributed by atoms with Crippen molar-refractivity contribution < 1.29 is 0 Å². The highest BCUT2D eigenvalue weighted by Gasteiger charge is 2.12. The van der Waals surface area contributed by atoms with Crippen molar-refractivity contribution in [2.45, 2.75) is 25.8 Å². The van der Waals surface area contributed by atoms with Gasteiger partial charge in [-0.15, -0.1) is 0 Å². The predicted molar refractivity (Wildman–Crippen MR) is 48.7 cm³/mol. The summed E-state index contributed by atoms with van der Waals surface area (Å²) in [6.45, 7) is 9.13. The zero-order valence-corrected chi connectivity index (χ0v) is 7.32. The Morgan fingerprint density at radius 3 is 3.09 bits per heavy atom. The number of hydrogen-bond acceptors (Lipinski definition) is 2. The Hall–Kier alpha value is -0.340. The third-order valence-corrected chi connectivity index (χ3v) is 1.98. The summed E-state index contributed by atoms with van der Waals surface area (Å²) in [7, 11) is 0. The molecule has 1 aliphatic heterocycles. The fourth-order valence-corrected chi connectivity index (χ4v) is 1.39. The van der Waals surface area contributed by atoms with Crippen molar-refractivity contribution >= 4 is 0 Å². The molecule has 0 aromatic carbocycles. The van der Waals surface area contributed by atoms with E-state index in [1.54, 1.807) is 0 Å². The van der Waals surface area contributed by atoms with Crippen LogP contribution >= 0.6 is 0 Å². The summed E-state index contributed by atoms with van der Waals surface area (Å²) in [5.74, 6) is 0. The van der Waals surface area contributed by atoms with Gasteiger partial charge in [0.1, 0.15) is 0 Å². The normalized spacial score (nSPS) is 23.9. The molecule has 1 aliphatic rings. The topological polar surface area (TPSA) is 24.1 Å². The molecule has 0 aromatic heterocycles. The summed E-state index contributed by atoms with van der Waals surface area (Å²) in [5.41, 5.74) is 1.21. The van der Waals surface area contributed by atoms with Crippen LogP contribution in [-0.4, -0.2) is 25.7 Å². The molecule has 64 valence electrons. The highest BCUT2D eigenvalue weighted by atomic mass is 15.0. The van der Waals surface area contributed by atoms with Crippen molar-refractivity contribution in [1.82, 2.24) is 10.6 Å². The van der Waals surface area contributed by atoms with Crippen LogP contribution in [0.15, 0.2) is 12.2 Å². The molecule has 0 spiro atoms.